The number of hydrogen-bond donors (Lipinski definition) is 2. The second-order valence-corrected chi connectivity index (χ2v) is 8.49. The lowest BCUT2D eigenvalue weighted by molar-refractivity contribution is -0.120. The maximum Gasteiger partial charge on any atom is 0.247 e. The van der Waals surface area contributed by atoms with Gasteiger partial charge in [0.05, 0.1) is 19.7 Å². The summed E-state index contributed by atoms with van der Waals surface area (Å²) in [7, 11) is 1.53. The van der Waals surface area contributed by atoms with Gasteiger partial charge in [-0.1, -0.05) is 40.6 Å². The largest absolute Gasteiger partial charge is 0.493 e. The summed E-state index contributed by atoms with van der Waals surface area (Å²) in [6.07, 6.45) is 1.46. The van der Waals surface area contributed by atoms with Crippen LogP contribution >= 0.6 is 34.5 Å². The van der Waals surface area contributed by atoms with Crippen molar-refractivity contribution in [2.45, 2.75) is 20.0 Å². The first-order valence-electron chi connectivity index (χ1n) is 9.50. The Kier molecular flexibility index (Phi) is 8.58. The summed E-state index contributed by atoms with van der Waals surface area (Å²) in [5.74, 6) is 0.390. The Hall–Kier alpha value is -3.21. The molecule has 0 saturated heterocycles. The number of anilines is 1. The van der Waals surface area contributed by atoms with Crippen LogP contribution in [-0.4, -0.2) is 35.3 Å². The molecule has 12 heteroatoms. The number of hydrogen-bond acceptors (Lipinski definition) is 8. The molecule has 2 N–H and O–H groups in total. The maximum absolute atomic E-state index is 12.0. The van der Waals surface area contributed by atoms with Gasteiger partial charge in [0.25, 0.3) is 0 Å². The average Bonchev–Trinajstić information content (AvgIpc) is 3.19. The van der Waals surface area contributed by atoms with Crippen molar-refractivity contribution in [2.24, 2.45) is 5.10 Å². The Balaban J connectivity index is 1.55. The number of carbonyl (C=O) groups is 2. The normalized spacial score (nSPS) is 10.8. The van der Waals surface area contributed by atoms with Gasteiger partial charge in [0, 0.05) is 22.5 Å². The monoisotopic (exact) mass is 507 g/mol. The van der Waals surface area contributed by atoms with Crippen molar-refractivity contribution in [1.29, 1.82) is 0 Å². The molecule has 2 amide bonds. The number of halogens is 2. The van der Waals surface area contributed by atoms with Crippen LogP contribution in [0.25, 0.3) is 0 Å². The topological polar surface area (TPSA) is 115 Å². The Morgan fingerprint density at radius 2 is 1.97 bits per heavy atom. The summed E-state index contributed by atoms with van der Waals surface area (Å²) in [5, 5.41) is 16.0. The van der Waals surface area contributed by atoms with Gasteiger partial charge >= 0.3 is 0 Å². The second kappa shape index (κ2) is 11.6. The molecule has 3 aromatic rings. The summed E-state index contributed by atoms with van der Waals surface area (Å²) in [6, 6.07) is 10.4. The van der Waals surface area contributed by atoms with Gasteiger partial charge < -0.3 is 14.8 Å². The molecule has 9 nitrogen and oxygen atoms in total. The Labute approximate surface area is 203 Å². The van der Waals surface area contributed by atoms with E-state index in [9.17, 15) is 9.59 Å². The number of nitrogens with zero attached hydrogens (tertiary/aromatic N) is 3. The van der Waals surface area contributed by atoms with Crippen LogP contribution in [0.2, 0.25) is 10.0 Å². The van der Waals surface area contributed by atoms with Crippen molar-refractivity contribution in [2.75, 3.05) is 12.4 Å². The minimum absolute atomic E-state index is 0.0159. The first kappa shape index (κ1) is 24.4. The molecule has 0 aliphatic rings. The van der Waals surface area contributed by atoms with E-state index in [0.717, 1.165) is 16.9 Å². The highest BCUT2D eigenvalue weighted by Gasteiger charge is 2.10. The third-order valence-corrected chi connectivity index (χ3v) is 5.48. The van der Waals surface area contributed by atoms with Crippen molar-refractivity contribution in [3.8, 4) is 11.5 Å². The molecule has 0 radical (unpaired) electrons. The number of ether oxygens (including phenoxy) is 2. The van der Waals surface area contributed by atoms with Crippen LogP contribution in [0, 0.1) is 0 Å². The van der Waals surface area contributed by atoms with Crippen molar-refractivity contribution in [3.63, 3.8) is 0 Å². The fraction of sp³-hybridized carbons (Fsp3) is 0.190. The molecule has 0 saturated carbocycles. The third kappa shape index (κ3) is 7.41. The smallest absolute Gasteiger partial charge is 0.247 e. The predicted molar refractivity (Wildman–Crippen MR) is 127 cm³/mol. The van der Waals surface area contributed by atoms with Gasteiger partial charge in [-0.15, -0.1) is 10.2 Å². The van der Waals surface area contributed by atoms with E-state index in [1.807, 2.05) is 0 Å². The second-order valence-electron chi connectivity index (χ2n) is 6.59. The first-order chi connectivity index (χ1) is 15.8. The number of nitrogens with one attached hydrogen (secondary N) is 2. The highest BCUT2D eigenvalue weighted by atomic mass is 35.5. The lowest BCUT2D eigenvalue weighted by atomic mass is 10.2. The third-order valence-electron chi connectivity index (χ3n) is 4.05. The summed E-state index contributed by atoms with van der Waals surface area (Å²) in [6.45, 7) is 1.61. The van der Waals surface area contributed by atoms with Gasteiger partial charge in [0.1, 0.15) is 11.6 Å². The zero-order valence-corrected chi connectivity index (χ0v) is 19.9. The van der Waals surface area contributed by atoms with Gasteiger partial charge in [-0.3, -0.25) is 9.59 Å². The van der Waals surface area contributed by atoms with Crippen LogP contribution in [0.15, 0.2) is 41.5 Å². The number of rotatable bonds is 9. The molecule has 0 atom stereocenters. The predicted octanol–water partition coefficient (Wildman–Crippen LogP) is 4.08. The first-order valence-corrected chi connectivity index (χ1v) is 11.1. The van der Waals surface area contributed by atoms with Crippen LogP contribution in [0.1, 0.15) is 23.1 Å². The zero-order valence-electron chi connectivity index (χ0n) is 17.6. The summed E-state index contributed by atoms with van der Waals surface area (Å²) >= 11 is 13.2. The number of carbonyl (C=O) groups excluding carboxylic acids is 2. The quantitative estimate of drug-likeness (QED) is 0.333. The molecule has 1 heterocycles. The van der Waals surface area contributed by atoms with Crippen molar-refractivity contribution >= 4 is 57.7 Å². The van der Waals surface area contributed by atoms with Crippen molar-refractivity contribution in [3.05, 3.63) is 62.6 Å². The molecular weight excluding hydrogens is 489 g/mol. The van der Waals surface area contributed by atoms with E-state index in [0.29, 0.717) is 37.2 Å². The molecule has 172 valence electrons. The molecular formula is C21H19Cl2N5O4S. The summed E-state index contributed by atoms with van der Waals surface area (Å²) < 4.78 is 11.2. The minimum atomic E-state index is -0.372. The van der Waals surface area contributed by atoms with Gasteiger partial charge in [-0.05, 0) is 35.9 Å². The number of amides is 2. The molecule has 0 aliphatic carbocycles. The Bertz CT molecular complexity index is 1190. The van der Waals surface area contributed by atoms with Gasteiger partial charge in [0.2, 0.25) is 16.9 Å². The van der Waals surface area contributed by atoms with E-state index in [4.69, 9.17) is 32.7 Å². The molecule has 2 aromatic carbocycles. The average molecular weight is 508 g/mol. The van der Waals surface area contributed by atoms with Crippen LogP contribution in [-0.2, 0) is 22.6 Å². The van der Waals surface area contributed by atoms with E-state index in [2.05, 4.69) is 26.0 Å². The van der Waals surface area contributed by atoms with Gasteiger partial charge in [0.15, 0.2) is 11.5 Å². The lowest BCUT2D eigenvalue weighted by Crippen LogP contribution is -2.19. The molecule has 3 rings (SSSR count). The SMILES string of the molecule is COc1cc(/C=N\NC(=O)Cc2nnc(NC(C)=O)s2)ccc1OCc1ccc(Cl)cc1Cl. The summed E-state index contributed by atoms with van der Waals surface area (Å²) in [5.41, 5.74) is 3.90. The van der Waals surface area contributed by atoms with Crippen molar-refractivity contribution in [1.82, 2.24) is 15.6 Å². The Morgan fingerprint density at radius 3 is 2.70 bits per heavy atom. The van der Waals surface area contributed by atoms with Crippen LogP contribution in [0.3, 0.4) is 0 Å². The molecule has 1 aromatic heterocycles. The van der Waals surface area contributed by atoms with E-state index >= 15 is 0 Å². The van der Waals surface area contributed by atoms with E-state index in [1.165, 1.54) is 20.2 Å². The molecule has 33 heavy (non-hydrogen) atoms. The highest BCUT2D eigenvalue weighted by molar-refractivity contribution is 7.15. The molecule has 0 unspecified atom stereocenters. The zero-order chi connectivity index (χ0) is 23.8. The van der Waals surface area contributed by atoms with Gasteiger partial charge in [-0.2, -0.15) is 5.10 Å². The molecule has 0 bridgehead atoms. The number of benzene rings is 2. The van der Waals surface area contributed by atoms with Crippen LogP contribution in [0.4, 0.5) is 5.13 Å². The number of aromatic nitrogens is 2. The standard InChI is InChI=1S/C21H19Cl2N5O4S/c1-12(29)25-21-28-27-20(33-21)9-19(30)26-24-10-13-3-6-17(18(7-13)31-2)32-11-14-4-5-15(22)8-16(14)23/h3-8,10H,9,11H2,1-2H3,(H,26,30)(H,25,28,29)/b24-10-. The number of methoxy groups -OCH3 is 1. The molecule has 0 spiro atoms. The number of hydrazone groups is 1. The van der Waals surface area contributed by atoms with Crippen LogP contribution < -0.4 is 20.2 Å². The lowest BCUT2D eigenvalue weighted by Gasteiger charge is -2.12. The van der Waals surface area contributed by atoms with Crippen molar-refractivity contribution < 1.29 is 19.1 Å². The van der Waals surface area contributed by atoms with Gasteiger partial charge in [-0.25, -0.2) is 5.43 Å². The highest BCUT2D eigenvalue weighted by Crippen LogP contribution is 2.29. The fourth-order valence-corrected chi connectivity index (χ4v) is 3.81. The summed E-state index contributed by atoms with van der Waals surface area (Å²) in [4.78, 5) is 23.1. The molecule has 0 fully saturated rings. The Morgan fingerprint density at radius 1 is 1.15 bits per heavy atom. The van der Waals surface area contributed by atoms with Crippen LogP contribution in [0.5, 0.6) is 11.5 Å². The maximum atomic E-state index is 12.0. The van der Waals surface area contributed by atoms with E-state index in [1.54, 1.807) is 36.4 Å². The molecule has 0 aliphatic heterocycles. The fourth-order valence-electron chi connectivity index (χ4n) is 2.56. The van der Waals surface area contributed by atoms with E-state index in [-0.39, 0.29) is 24.8 Å². The van der Waals surface area contributed by atoms with E-state index < -0.39 is 0 Å². The minimum Gasteiger partial charge on any atom is -0.493 e.